The molecule has 2 fully saturated rings. The van der Waals surface area contributed by atoms with E-state index in [-0.39, 0.29) is 5.91 Å². The fourth-order valence-corrected chi connectivity index (χ4v) is 3.10. The van der Waals surface area contributed by atoms with E-state index in [1.54, 1.807) is 0 Å². The van der Waals surface area contributed by atoms with E-state index in [4.69, 9.17) is 0 Å². The summed E-state index contributed by atoms with van der Waals surface area (Å²) in [4.78, 5) is 14.2. The lowest BCUT2D eigenvalue weighted by Gasteiger charge is -2.33. The average Bonchev–Trinajstić information content (AvgIpc) is 2.57. The number of rotatable bonds is 2. The average molecular weight is 239 g/mol. The van der Waals surface area contributed by atoms with Gasteiger partial charge in [0.15, 0.2) is 0 Å². The van der Waals surface area contributed by atoms with Gasteiger partial charge in [0.05, 0.1) is 12.0 Å². The molecule has 0 spiro atoms. The molecule has 1 heterocycles. The molecule has 0 aromatic heterocycles. The number of likely N-dealkylation sites (tertiary alicyclic amines) is 1. The third kappa shape index (κ3) is 3.70. The zero-order chi connectivity index (χ0) is 12.1. The third-order valence-corrected chi connectivity index (χ3v) is 4.22. The van der Waals surface area contributed by atoms with Gasteiger partial charge in [-0.25, -0.2) is 0 Å². The van der Waals surface area contributed by atoms with E-state index < -0.39 is 5.60 Å². The minimum atomic E-state index is -0.693. The smallest absolute Gasteiger partial charge is 0.225 e. The molecular formula is C14H25NO2. The summed E-state index contributed by atoms with van der Waals surface area (Å²) in [5, 5.41) is 10.4. The van der Waals surface area contributed by atoms with Gasteiger partial charge in [-0.1, -0.05) is 32.1 Å². The molecule has 1 saturated carbocycles. The summed E-state index contributed by atoms with van der Waals surface area (Å²) >= 11 is 0. The van der Waals surface area contributed by atoms with E-state index in [1.165, 1.54) is 19.3 Å². The van der Waals surface area contributed by atoms with Crippen molar-refractivity contribution >= 4 is 5.91 Å². The first-order valence-electron chi connectivity index (χ1n) is 7.20. The summed E-state index contributed by atoms with van der Waals surface area (Å²) in [6, 6.07) is 0. The highest BCUT2D eigenvalue weighted by atomic mass is 16.3. The molecule has 1 aliphatic heterocycles. The van der Waals surface area contributed by atoms with E-state index in [0.29, 0.717) is 6.42 Å². The van der Waals surface area contributed by atoms with Crippen molar-refractivity contribution in [1.82, 2.24) is 4.90 Å². The van der Waals surface area contributed by atoms with Crippen molar-refractivity contribution in [2.75, 3.05) is 13.1 Å². The normalized spacial score (nSPS) is 25.4. The molecule has 0 bridgehead atoms. The van der Waals surface area contributed by atoms with Crippen LogP contribution in [-0.4, -0.2) is 34.6 Å². The van der Waals surface area contributed by atoms with Crippen molar-refractivity contribution in [2.24, 2.45) is 0 Å². The van der Waals surface area contributed by atoms with E-state index in [9.17, 15) is 9.90 Å². The van der Waals surface area contributed by atoms with Gasteiger partial charge >= 0.3 is 0 Å². The molecule has 3 heteroatoms. The Bertz CT molecular complexity index is 251. The maximum absolute atomic E-state index is 12.2. The van der Waals surface area contributed by atoms with Crippen molar-refractivity contribution < 1.29 is 9.90 Å². The van der Waals surface area contributed by atoms with E-state index in [1.807, 2.05) is 4.90 Å². The molecule has 1 saturated heterocycles. The standard InChI is InChI=1S/C14H25NO2/c16-13(15-10-6-1-2-7-11-15)12-14(17)8-4-3-5-9-14/h17H,1-12H2. The van der Waals surface area contributed by atoms with Gasteiger partial charge in [0.1, 0.15) is 0 Å². The van der Waals surface area contributed by atoms with Crippen molar-refractivity contribution in [3.05, 3.63) is 0 Å². The summed E-state index contributed by atoms with van der Waals surface area (Å²) in [6.45, 7) is 1.80. The van der Waals surface area contributed by atoms with Crippen molar-refractivity contribution in [1.29, 1.82) is 0 Å². The van der Waals surface area contributed by atoms with Crippen LogP contribution in [0, 0.1) is 0 Å². The van der Waals surface area contributed by atoms with Gasteiger partial charge in [-0.15, -0.1) is 0 Å². The molecule has 0 atom stereocenters. The highest BCUT2D eigenvalue weighted by Crippen LogP contribution is 2.31. The van der Waals surface area contributed by atoms with Crippen LogP contribution >= 0.6 is 0 Å². The van der Waals surface area contributed by atoms with Gasteiger partial charge in [-0.3, -0.25) is 4.79 Å². The Morgan fingerprint density at radius 3 is 2.06 bits per heavy atom. The Balaban J connectivity index is 1.86. The van der Waals surface area contributed by atoms with Crippen LogP contribution in [0.5, 0.6) is 0 Å². The van der Waals surface area contributed by atoms with Gasteiger partial charge < -0.3 is 10.0 Å². The molecule has 0 unspecified atom stereocenters. The second-order valence-corrected chi connectivity index (χ2v) is 5.76. The Morgan fingerprint density at radius 1 is 0.941 bits per heavy atom. The highest BCUT2D eigenvalue weighted by molar-refractivity contribution is 5.77. The van der Waals surface area contributed by atoms with E-state index >= 15 is 0 Å². The fraction of sp³-hybridized carbons (Fsp3) is 0.929. The maximum atomic E-state index is 12.2. The number of carbonyl (C=O) groups is 1. The summed E-state index contributed by atoms with van der Waals surface area (Å²) in [5.74, 6) is 0.177. The van der Waals surface area contributed by atoms with Gasteiger partial charge in [-0.05, 0) is 25.7 Å². The third-order valence-electron chi connectivity index (χ3n) is 4.22. The van der Waals surface area contributed by atoms with Crippen LogP contribution < -0.4 is 0 Å². The van der Waals surface area contributed by atoms with Crippen LogP contribution in [0.1, 0.15) is 64.2 Å². The van der Waals surface area contributed by atoms with Gasteiger partial charge in [-0.2, -0.15) is 0 Å². The molecule has 1 aliphatic carbocycles. The second kappa shape index (κ2) is 5.85. The molecule has 0 aromatic carbocycles. The Morgan fingerprint density at radius 2 is 1.47 bits per heavy atom. The number of aliphatic hydroxyl groups is 1. The Labute approximate surface area is 104 Å². The number of hydrogen-bond acceptors (Lipinski definition) is 2. The summed E-state index contributed by atoms with van der Waals surface area (Å²) < 4.78 is 0. The van der Waals surface area contributed by atoms with Crippen molar-refractivity contribution in [3.8, 4) is 0 Å². The molecule has 2 aliphatic rings. The van der Waals surface area contributed by atoms with Gasteiger partial charge in [0.2, 0.25) is 5.91 Å². The van der Waals surface area contributed by atoms with E-state index in [0.717, 1.165) is 51.6 Å². The molecule has 3 nitrogen and oxygen atoms in total. The highest BCUT2D eigenvalue weighted by Gasteiger charge is 2.33. The first kappa shape index (κ1) is 12.9. The number of hydrogen-bond donors (Lipinski definition) is 1. The lowest BCUT2D eigenvalue weighted by molar-refractivity contribution is -0.137. The lowest BCUT2D eigenvalue weighted by atomic mass is 9.82. The Kier molecular flexibility index (Phi) is 4.43. The molecule has 1 amide bonds. The molecular weight excluding hydrogens is 214 g/mol. The molecule has 2 rings (SSSR count). The SMILES string of the molecule is O=C(CC1(O)CCCCC1)N1CCCCCC1. The minimum absolute atomic E-state index is 0.177. The largest absolute Gasteiger partial charge is 0.389 e. The van der Waals surface area contributed by atoms with Crippen LogP contribution in [0.4, 0.5) is 0 Å². The molecule has 0 radical (unpaired) electrons. The van der Waals surface area contributed by atoms with Gasteiger partial charge in [0.25, 0.3) is 0 Å². The van der Waals surface area contributed by atoms with Gasteiger partial charge in [0, 0.05) is 13.1 Å². The number of nitrogens with zero attached hydrogens (tertiary/aromatic N) is 1. The predicted octanol–water partition coefficient (Wildman–Crippen LogP) is 2.47. The van der Waals surface area contributed by atoms with Crippen LogP contribution in [0.3, 0.4) is 0 Å². The minimum Gasteiger partial charge on any atom is -0.389 e. The predicted molar refractivity (Wildman–Crippen MR) is 67.7 cm³/mol. The van der Waals surface area contributed by atoms with Crippen LogP contribution in [-0.2, 0) is 4.79 Å². The topological polar surface area (TPSA) is 40.5 Å². The second-order valence-electron chi connectivity index (χ2n) is 5.76. The zero-order valence-electron chi connectivity index (χ0n) is 10.8. The zero-order valence-corrected chi connectivity index (χ0v) is 10.8. The first-order chi connectivity index (χ1) is 8.20. The summed E-state index contributed by atoms with van der Waals surface area (Å²) in [7, 11) is 0. The van der Waals surface area contributed by atoms with Crippen LogP contribution in [0.2, 0.25) is 0 Å². The molecule has 17 heavy (non-hydrogen) atoms. The Hall–Kier alpha value is -0.570. The monoisotopic (exact) mass is 239 g/mol. The van der Waals surface area contributed by atoms with Crippen molar-refractivity contribution in [2.45, 2.75) is 69.8 Å². The van der Waals surface area contributed by atoms with Crippen LogP contribution in [0.15, 0.2) is 0 Å². The van der Waals surface area contributed by atoms with Crippen molar-refractivity contribution in [3.63, 3.8) is 0 Å². The quantitative estimate of drug-likeness (QED) is 0.804. The fourth-order valence-electron chi connectivity index (χ4n) is 3.10. The lowest BCUT2D eigenvalue weighted by Crippen LogP contribution is -2.41. The summed E-state index contributed by atoms with van der Waals surface area (Å²) in [6.07, 6.45) is 10.1. The molecule has 0 aromatic rings. The summed E-state index contributed by atoms with van der Waals surface area (Å²) in [5.41, 5.74) is -0.693. The van der Waals surface area contributed by atoms with E-state index in [2.05, 4.69) is 0 Å². The molecule has 1 N–H and O–H groups in total. The first-order valence-corrected chi connectivity index (χ1v) is 7.20. The maximum Gasteiger partial charge on any atom is 0.225 e. The number of carbonyl (C=O) groups excluding carboxylic acids is 1. The van der Waals surface area contributed by atoms with Crippen LogP contribution in [0.25, 0.3) is 0 Å². The number of amides is 1. The molecule has 98 valence electrons.